The van der Waals surface area contributed by atoms with E-state index in [-0.39, 0.29) is 0 Å². The van der Waals surface area contributed by atoms with Gasteiger partial charge in [-0.25, -0.2) is 0 Å². The molecule has 104 valence electrons. The number of nitrogens with one attached hydrogen (secondary N) is 1. The minimum atomic E-state index is 0.832. The molecule has 3 fully saturated rings. The third kappa shape index (κ3) is 2.89. The van der Waals surface area contributed by atoms with Crippen molar-refractivity contribution in [2.75, 3.05) is 39.8 Å². The fourth-order valence-corrected chi connectivity index (χ4v) is 4.17. The summed E-state index contributed by atoms with van der Waals surface area (Å²) in [5.41, 5.74) is 0. The summed E-state index contributed by atoms with van der Waals surface area (Å²) in [6.07, 6.45) is 8.49. The number of hydrogen-bond acceptors (Lipinski definition) is 3. The molecule has 18 heavy (non-hydrogen) atoms. The van der Waals surface area contributed by atoms with Crippen LogP contribution in [0.2, 0.25) is 0 Å². The molecule has 2 atom stereocenters. The van der Waals surface area contributed by atoms with Gasteiger partial charge in [0.05, 0.1) is 0 Å². The fraction of sp³-hybridized carbons (Fsp3) is 1.00. The number of hydrogen-bond donors (Lipinski definition) is 1. The average molecular weight is 251 g/mol. The average Bonchev–Trinajstić information content (AvgIpc) is 2.94. The summed E-state index contributed by atoms with van der Waals surface area (Å²) in [4.78, 5) is 5.30. The Labute approximate surface area is 112 Å². The van der Waals surface area contributed by atoms with E-state index in [0.717, 1.165) is 18.0 Å². The maximum absolute atomic E-state index is 3.72. The van der Waals surface area contributed by atoms with Crippen molar-refractivity contribution >= 4 is 0 Å². The summed E-state index contributed by atoms with van der Waals surface area (Å²) in [7, 11) is 2.26. The summed E-state index contributed by atoms with van der Waals surface area (Å²) in [5, 5.41) is 3.72. The van der Waals surface area contributed by atoms with Crippen molar-refractivity contribution in [3.63, 3.8) is 0 Å². The van der Waals surface area contributed by atoms with Crippen LogP contribution >= 0.6 is 0 Å². The van der Waals surface area contributed by atoms with E-state index < -0.39 is 0 Å². The fourth-order valence-electron chi connectivity index (χ4n) is 4.17. The quantitative estimate of drug-likeness (QED) is 0.803. The van der Waals surface area contributed by atoms with Crippen molar-refractivity contribution in [1.82, 2.24) is 15.1 Å². The molecule has 3 heterocycles. The Kier molecular flexibility index (Phi) is 4.22. The van der Waals surface area contributed by atoms with Gasteiger partial charge < -0.3 is 10.2 Å². The van der Waals surface area contributed by atoms with Gasteiger partial charge >= 0.3 is 0 Å². The molecule has 3 heteroatoms. The van der Waals surface area contributed by atoms with Gasteiger partial charge in [-0.3, -0.25) is 4.90 Å². The normalized spacial score (nSPS) is 37.2. The Morgan fingerprint density at radius 3 is 2.50 bits per heavy atom. The van der Waals surface area contributed by atoms with Crippen molar-refractivity contribution < 1.29 is 0 Å². The van der Waals surface area contributed by atoms with E-state index in [1.165, 1.54) is 71.2 Å². The van der Waals surface area contributed by atoms with Gasteiger partial charge in [0.25, 0.3) is 0 Å². The first-order chi connectivity index (χ1) is 8.83. The Bertz CT molecular complexity index is 254. The van der Waals surface area contributed by atoms with E-state index >= 15 is 0 Å². The summed E-state index contributed by atoms with van der Waals surface area (Å²) in [6.45, 7) is 6.58. The molecule has 0 aliphatic carbocycles. The van der Waals surface area contributed by atoms with E-state index in [1.54, 1.807) is 0 Å². The van der Waals surface area contributed by atoms with Crippen LogP contribution in [0.1, 0.15) is 38.5 Å². The van der Waals surface area contributed by atoms with Gasteiger partial charge in [-0.2, -0.15) is 0 Å². The Balaban J connectivity index is 1.53. The van der Waals surface area contributed by atoms with Crippen LogP contribution in [-0.2, 0) is 0 Å². The molecule has 0 aromatic rings. The van der Waals surface area contributed by atoms with Crippen molar-refractivity contribution in [2.24, 2.45) is 5.92 Å². The second-order valence-electron chi connectivity index (χ2n) is 6.63. The maximum Gasteiger partial charge on any atom is 0.0120 e. The predicted octanol–water partition coefficient (Wildman–Crippen LogP) is 1.54. The second-order valence-corrected chi connectivity index (χ2v) is 6.63. The smallest absolute Gasteiger partial charge is 0.0120 e. The number of rotatable bonds is 2. The van der Waals surface area contributed by atoms with Crippen molar-refractivity contribution in [3.05, 3.63) is 0 Å². The zero-order valence-corrected chi connectivity index (χ0v) is 11.9. The topological polar surface area (TPSA) is 18.5 Å². The molecule has 3 aliphatic heterocycles. The molecule has 0 spiro atoms. The standard InChI is InChI=1S/C15H29N3/c1-17-10-6-14(7-11-17)18-9-3-4-13(12-18)15-5-2-8-16-15/h13-16H,2-12H2,1H3. The Hall–Kier alpha value is -0.120. The van der Waals surface area contributed by atoms with Crippen LogP contribution in [-0.4, -0.2) is 61.7 Å². The molecule has 0 aromatic carbocycles. The molecule has 0 radical (unpaired) electrons. The number of nitrogens with zero attached hydrogens (tertiary/aromatic N) is 2. The van der Waals surface area contributed by atoms with Gasteiger partial charge in [0, 0.05) is 18.6 Å². The predicted molar refractivity (Wildman–Crippen MR) is 75.8 cm³/mol. The minimum absolute atomic E-state index is 0.832. The second kappa shape index (κ2) is 5.89. The Morgan fingerprint density at radius 1 is 0.944 bits per heavy atom. The third-order valence-corrected chi connectivity index (χ3v) is 5.36. The lowest BCUT2D eigenvalue weighted by atomic mass is 9.88. The number of piperidine rings is 2. The first-order valence-corrected chi connectivity index (χ1v) is 7.99. The van der Waals surface area contributed by atoms with E-state index in [0.29, 0.717) is 0 Å². The highest BCUT2D eigenvalue weighted by Crippen LogP contribution is 2.28. The third-order valence-electron chi connectivity index (χ3n) is 5.36. The van der Waals surface area contributed by atoms with Crippen molar-refractivity contribution in [2.45, 2.75) is 50.6 Å². The van der Waals surface area contributed by atoms with Crippen LogP contribution in [0.4, 0.5) is 0 Å². The molecule has 0 amide bonds. The monoisotopic (exact) mass is 251 g/mol. The van der Waals surface area contributed by atoms with Gasteiger partial charge in [-0.05, 0) is 77.7 Å². The molecule has 0 bridgehead atoms. The van der Waals surface area contributed by atoms with Gasteiger partial charge in [0.2, 0.25) is 0 Å². The first-order valence-electron chi connectivity index (χ1n) is 7.99. The zero-order chi connectivity index (χ0) is 12.4. The first kappa shape index (κ1) is 12.9. The zero-order valence-electron chi connectivity index (χ0n) is 11.9. The highest BCUT2D eigenvalue weighted by atomic mass is 15.2. The van der Waals surface area contributed by atoms with Crippen LogP contribution in [0.15, 0.2) is 0 Å². The minimum Gasteiger partial charge on any atom is -0.314 e. The summed E-state index contributed by atoms with van der Waals surface area (Å²) < 4.78 is 0. The van der Waals surface area contributed by atoms with Crippen LogP contribution in [0.3, 0.4) is 0 Å². The SMILES string of the molecule is CN1CCC(N2CCCC(C3CCCN3)C2)CC1. The lowest BCUT2D eigenvalue weighted by molar-refractivity contribution is 0.0697. The largest absolute Gasteiger partial charge is 0.314 e. The lowest BCUT2D eigenvalue weighted by Crippen LogP contribution is -2.50. The lowest BCUT2D eigenvalue weighted by Gasteiger charge is -2.43. The van der Waals surface area contributed by atoms with E-state index in [9.17, 15) is 0 Å². The number of likely N-dealkylation sites (tertiary alicyclic amines) is 2. The highest BCUT2D eigenvalue weighted by Gasteiger charge is 2.32. The van der Waals surface area contributed by atoms with Crippen molar-refractivity contribution in [1.29, 1.82) is 0 Å². The van der Waals surface area contributed by atoms with Gasteiger partial charge in [-0.1, -0.05) is 0 Å². The van der Waals surface area contributed by atoms with E-state index in [1.807, 2.05) is 0 Å². The molecule has 0 aromatic heterocycles. The molecule has 1 N–H and O–H groups in total. The summed E-state index contributed by atoms with van der Waals surface area (Å²) in [5.74, 6) is 0.931. The van der Waals surface area contributed by atoms with Crippen molar-refractivity contribution in [3.8, 4) is 0 Å². The van der Waals surface area contributed by atoms with Crippen LogP contribution < -0.4 is 5.32 Å². The molecule has 3 nitrogen and oxygen atoms in total. The summed E-state index contributed by atoms with van der Waals surface area (Å²) >= 11 is 0. The maximum atomic E-state index is 3.72. The summed E-state index contributed by atoms with van der Waals surface area (Å²) in [6, 6.07) is 1.71. The van der Waals surface area contributed by atoms with Crippen LogP contribution in [0, 0.1) is 5.92 Å². The van der Waals surface area contributed by atoms with Gasteiger partial charge in [0.15, 0.2) is 0 Å². The van der Waals surface area contributed by atoms with Crippen LogP contribution in [0.25, 0.3) is 0 Å². The van der Waals surface area contributed by atoms with Crippen LogP contribution in [0.5, 0.6) is 0 Å². The van der Waals surface area contributed by atoms with Gasteiger partial charge in [0.1, 0.15) is 0 Å². The molecule has 3 rings (SSSR count). The molecular weight excluding hydrogens is 222 g/mol. The molecule has 2 unspecified atom stereocenters. The van der Waals surface area contributed by atoms with E-state index in [4.69, 9.17) is 0 Å². The molecule has 3 saturated heterocycles. The molecule has 0 saturated carbocycles. The molecular formula is C15H29N3. The Morgan fingerprint density at radius 2 is 1.78 bits per heavy atom. The van der Waals surface area contributed by atoms with E-state index in [2.05, 4.69) is 22.2 Å². The van der Waals surface area contributed by atoms with Gasteiger partial charge in [-0.15, -0.1) is 0 Å². The highest BCUT2D eigenvalue weighted by molar-refractivity contribution is 4.89. The molecule has 3 aliphatic rings.